The van der Waals surface area contributed by atoms with Crippen LogP contribution in [0, 0.1) is 0 Å². The van der Waals surface area contributed by atoms with E-state index in [2.05, 4.69) is 58.2 Å². The molecule has 2 aromatic rings. The molecule has 0 unspecified atom stereocenters. The maximum absolute atomic E-state index is 4.65. The third kappa shape index (κ3) is 2.88. The molecule has 1 saturated heterocycles. The van der Waals surface area contributed by atoms with Crippen LogP contribution in [0.3, 0.4) is 0 Å². The Kier molecular flexibility index (Phi) is 4.78. The minimum Gasteiger partial charge on any atom is -0.370 e. The molecule has 0 saturated carbocycles. The van der Waals surface area contributed by atoms with E-state index in [-0.39, 0.29) is 0 Å². The SMILES string of the molecule is CCN(CC)c1nccc2c(N3CCCNCC3)cccc12. The summed E-state index contributed by atoms with van der Waals surface area (Å²) in [5, 5.41) is 6.07. The van der Waals surface area contributed by atoms with Crippen LogP contribution in [0.15, 0.2) is 30.5 Å². The van der Waals surface area contributed by atoms with Gasteiger partial charge in [-0.1, -0.05) is 12.1 Å². The Labute approximate surface area is 133 Å². The summed E-state index contributed by atoms with van der Waals surface area (Å²) >= 11 is 0. The van der Waals surface area contributed by atoms with E-state index in [4.69, 9.17) is 0 Å². The first kappa shape index (κ1) is 15.1. The first-order chi connectivity index (χ1) is 10.8. The molecule has 22 heavy (non-hydrogen) atoms. The van der Waals surface area contributed by atoms with Gasteiger partial charge in [0.2, 0.25) is 0 Å². The highest BCUT2D eigenvalue weighted by atomic mass is 15.2. The predicted molar refractivity (Wildman–Crippen MR) is 95.0 cm³/mol. The summed E-state index contributed by atoms with van der Waals surface area (Å²) < 4.78 is 0. The number of aromatic nitrogens is 1. The summed E-state index contributed by atoms with van der Waals surface area (Å²) in [5.74, 6) is 1.11. The molecule has 1 N–H and O–H groups in total. The second-order valence-corrected chi connectivity index (χ2v) is 5.77. The molecule has 3 rings (SSSR count). The maximum Gasteiger partial charge on any atom is 0.136 e. The second-order valence-electron chi connectivity index (χ2n) is 5.77. The molecule has 1 aromatic carbocycles. The average molecular weight is 298 g/mol. The third-order valence-corrected chi connectivity index (χ3v) is 4.51. The summed E-state index contributed by atoms with van der Waals surface area (Å²) in [6.45, 7) is 10.7. The van der Waals surface area contributed by atoms with Gasteiger partial charge in [0.05, 0.1) is 0 Å². The fourth-order valence-electron chi connectivity index (χ4n) is 3.31. The maximum atomic E-state index is 4.65. The molecule has 1 aliphatic rings. The van der Waals surface area contributed by atoms with E-state index in [1.54, 1.807) is 0 Å². The van der Waals surface area contributed by atoms with Crippen molar-refractivity contribution in [3.05, 3.63) is 30.5 Å². The molecule has 4 nitrogen and oxygen atoms in total. The second kappa shape index (κ2) is 6.97. The van der Waals surface area contributed by atoms with Gasteiger partial charge in [0.1, 0.15) is 5.82 Å². The first-order valence-electron chi connectivity index (χ1n) is 8.43. The number of anilines is 2. The smallest absolute Gasteiger partial charge is 0.136 e. The molecule has 1 aliphatic heterocycles. The molecule has 0 bridgehead atoms. The number of hydrogen-bond donors (Lipinski definition) is 1. The number of nitrogens with zero attached hydrogens (tertiary/aromatic N) is 3. The molecule has 1 fully saturated rings. The number of rotatable bonds is 4. The van der Waals surface area contributed by atoms with Crippen LogP contribution in [0.4, 0.5) is 11.5 Å². The van der Waals surface area contributed by atoms with Gasteiger partial charge in [0, 0.05) is 55.4 Å². The van der Waals surface area contributed by atoms with E-state index in [1.807, 2.05) is 6.20 Å². The van der Waals surface area contributed by atoms with Gasteiger partial charge < -0.3 is 15.1 Å². The number of fused-ring (bicyclic) bond motifs is 1. The van der Waals surface area contributed by atoms with Crippen molar-refractivity contribution in [3.63, 3.8) is 0 Å². The minimum atomic E-state index is 0.987. The van der Waals surface area contributed by atoms with E-state index in [0.717, 1.165) is 45.1 Å². The highest BCUT2D eigenvalue weighted by Crippen LogP contribution is 2.32. The van der Waals surface area contributed by atoms with Crippen LogP contribution < -0.4 is 15.1 Å². The van der Waals surface area contributed by atoms with Crippen LogP contribution in [-0.4, -0.2) is 44.3 Å². The van der Waals surface area contributed by atoms with Crippen molar-refractivity contribution in [1.82, 2.24) is 10.3 Å². The molecule has 0 amide bonds. The Hall–Kier alpha value is -1.81. The lowest BCUT2D eigenvalue weighted by Gasteiger charge is -2.26. The largest absolute Gasteiger partial charge is 0.370 e. The normalized spacial score (nSPS) is 15.8. The summed E-state index contributed by atoms with van der Waals surface area (Å²) in [6.07, 6.45) is 3.15. The fourth-order valence-corrected chi connectivity index (χ4v) is 3.31. The summed E-state index contributed by atoms with van der Waals surface area (Å²) in [7, 11) is 0. The minimum absolute atomic E-state index is 0.987. The monoisotopic (exact) mass is 298 g/mol. The lowest BCUT2D eigenvalue weighted by Crippen LogP contribution is -2.28. The van der Waals surface area contributed by atoms with Gasteiger partial charge in [-0.05, 0) is 38.9 Å². The Bertz CT molecular complexity index is 614. The van der Waals surface area contributed by atoms with Crippen molar-refractivity contribution in [3.8, 4) is 0 Å². The molecule has 1 aromatic heterocycles. The topological polar surface area (TPSA) is 31.4 Å². The van der Waals surface area contributed by atoms with Crippen LogP contribution in [0.25, 0.3) is 10.8 Å². The number of pyridine rings is 1. The van der Waals surface area contributed by atoms with Gasteiger partial charge in [0.15, 0.2) is 0 Å². The Balaban J connectivity index is 2.07. The van der Waals surface area contributed by atoms with Crippen molar-refractivity contribution in [2.45, 2.75) is 20.3 Å². The first-order valence-corrected chi connectivity index (χ1v) is 8.43. The predicted octanol–water partition coefficient (Wildman–Crippen LogP) is 2.88. The van der Waals surface area contributed by atoms with Gasteiger partial charge in [-0.2, -0.15) is 0 Å². The fraction of sp³-hybridized carbons (Fsp3) is 0.500. The highest BCUT2D eigenvalue weighted by Gasteiger charge is 2.15. The molecule has 118 valence electrons. The average Bonchev–Trinajstić information content (AvgIpc) is 2.85. The molecule has 0 spiro atoms. The van der Waals surface area contributed by atoms with Gasteiger partial charge in [-0.15, -0.1) is 0 Å². The van der Waals surface area contributed by atoms with Crippen LogP contribution in [-0.2, 0) is 0 Å². The van der Waals surface area contributed by atoms with E-state index >= 15 is 0 Å². The van der Waals surface area contributed by atoms with Crippen LogP contribution in [0.1, 0.15) is 20.3 Å². The zero-order valence-electron chi connectivity index (χ0n) is 13.7. The lowest BCUT2D eigenvalue weighted by molar-refractivity contribution is 0.724. The quantitative estimate of drug-likeness (QED) is 0.940. The van der Waals surface area contributed by atoms with E-state index in [0.29, 0.717) is 0 Å². The van der Waals surface area contributed by atoms with E-state index in [9.17, 15) is 0 Å². The summed E-state index contributed by atoms with van der Waals surface area (Å²) in [4.78, 5) is 9.49. The summed E-state index contributed by atoms with van der Waals surface area (Å²) in [6, 6.07) is 8.79. The Morgan fingerprint density at radius 1 is 1.09 bits per heavy atom. The van der Waals surface area contributed by atoms with E-state index in [1.165, 1.54) is 22.9 Å². The molecule has 2 heterocycles. The molecular formula is C18H26N4. The van der Waals surface area contributed by atoms with Crippen LogP contribution in [0.5, 0.6) is 0 Å². The number of hydrogen-bond acceptors (Lipinski definition) is 4. The molecule has 0 atom stereocenters. The van der Waals surface area contributed by atoms with Crippen LogP contribution in [0.2, 0.25) is 0 Å². The van der Waals surface area contributed by atoms with Gasteiger partial charge in [0.25, 0.3) is 0 Å². The summed E-state index contributed by atoms with van der Waals surface area (Å²) in [5.41, 5.74) is 1.34. The van der Waals surface area contributed by atoms with Crippen LogP contribution >= 0.6 is 0 Å². The van der Waals surface area contributed by atoms with Gasteiger partial charge >= 0.3 is 0 Å². The Morgan fingerprint density at radius 2 is 1.95 bits per heavy atom. The molecule has 4 heteroatoms. The van der Waals surface area contributed by atoms with Gasteiger partial charge in [-0.3, -0.25) is 0 Å². The van der Waals surface area contributed by atoms with Crippen molar-refractivity contribution in [1.29, 1.82) is 0 Å². The highest BCUT2D eigenvalue weighted by molar-refractivity contribution is 6.00. The van der Waals surface area contributed by atoms with Gasteiger partial charge in [-0.25, -0.2) is 4.98 Å². The zero-order valence-corrected chi connectivity index (χ0v) is 13.7. The van der Waals surface area contributed by atoms with Crippen molar-refractivity contribution in [2.24, 2.45) is 0 Å². The molecule has 0 radical (unpaired) electrons. The number of nitrogens with one attached hydrogen (secondary N) is 1. The van der Waals surface area contributed by atoms with E-state index < -0.39 is 0 Å². The number of benzene rings is 1. The van der Waals surface area contributed by atoms with Crippen molar-refractivity contribution >= 4 is 22.3 Å². The zero-order chi connectivity index (χ0) is 15.4. The molecule has 0 aliphatic carbocycles. The molecular weight excluding hydrogens is 272 g/mol. The van der Waals surface area contributed by atoms with Crippen molar-refractivity contribution in [2.75, 3.05) is 49.1 Å². The lowest BCUT2D eigenvalue weighted by atomic mass is 10.1. The Morgan fingerprint density at radius 3 is 2.77 bits per heavy atom. The standard InChI is InChI=1S/C18H26N4/c1-3-21(4-2)18-16-7-5-8-17(15(16)9-11-20-18)22-13-6-10-19-12-14-22/h5,7-9,11,19H,3-4,6,10,12-14H2,1-2H3. The van der Waals surface area contributed by atoms with Crippen molar-refractivity contribution < 1.29 is 0 Å². The third-order valence-electron chi connectivity index (χ3n) is 4.51.